The van der Waals surface area contributed by atoms with Gasteiger partial charge in [-0.1, -0.05) is 0 Å². The van der Waals surface area contributed by atoms with E-state index in [0.717, 1.165) is 44.2 Å². The van der Waals surface area contributed by atoms with Crippen molar-refractivity contribution in [3.63, 3.8) is 0 Å². The molecule has 0 aliphatic heterocycles. The summed E-state index contributed by atoms with van der Waals surface area (Å²) < 4.78 is 5.48. The molecule has 0 saturated heterocycles. The molecule has 1 aromatic heterocycles. The number of hydrogen-bond donors (Lipinski definition) is 3. The topological polar surface area (TPSA) is 85.1 Å². The van der Waals surface area contributed by atoms with Crippen molar-refractivity contribution in [3.05, 3.63) is 6.07 Å². The highest BCUT2D eigenvalue weighted by Gasteiger charge is 2.01. The van der Waals surface area contributed by atoms with Gasteiger partial charge in [-0.15, -0.1) is 0 Å². The summed E-state index contributed by atoms with van der Waals surface area (Å²) in [5, 5.41) is 6.37. The number of rotatable bonds is 9. The average Bonchev–Trinajstić information content (AvgIpc) is 2.33. The van der Waals surface area contributed by atoms with Crippen LogP contribution in [-0.2, 0) is 4.74 Å². The molecule has 0 amide bonds. The Morgan fingerprint density at radius 3 is 2.53 bits per heavy atom. The van der Waals surface area contributed by atoms with Crippen LogP contribution in [0.4, 0.5) is 17.6 Å². The Morgan fingerprint density at radius 1 is 1.21 bits per heavy atom. The molecule has 6 nitrogen and oxygen atoms in total. The zero-order valence-corrected chi connectivity index (χ0v) is 12.1. The van der Waals surface area contributed by atoms with Crippen LogP contribution in [0.2, 0.25) is 0 Å². The molecular formula is C13H25N5O. The Bertz CT molecular complexity index is 370. The van der Waals surface area contributed by atoms with E-state index in [1.807, 2.05) is 26.8 Å². The van der Waals surface area contributed by atoms with E-state index in [-0.39, 0.29) is 5.95 Å². The maximum Gasteiger partial charge on any atom is 0.223 e. The molecule has 0 aliphatic carbocycles. The van der Waals surface area contributed by atoms with Gasteiger partial charge in [0.15, 0.2) is 0 Å². The lowest BCUT2D eigenvalue weighted by Gasteiger charge is -2.10. The molecule has 1 aromatic rings. The van der Waals surface area contributed by atoms with Gasteiger partial charge in [-0.2, -0.15) is 9.97 Å². The number of nitrogens with zero attached hydrogens (tertiary/aromatic N) is 2. The van der Waals surface area contributed by atoms with Crippen LogP contribution >= 0.6 is 0 Å². The largest absolute Gasteiger partial charge is 0.379 e. The Balaban J connectivity index is 2.28. The summed E-state index contributed by atoms with van der Waals surface area (Å²) >= 11 is 0. The van der Waals surface area contributed by atoms with Crippen molar-refractivity contribution in [1.29, 1.82) is 0 Å². The number of nitrogen functional groups attached to an aromatic ring is 1. The third-order valence-corrected chi connectivity index (χ3v) is 2.43. The van der Waals surface area contributed by atoms with Gasteiger partial charge in [0.05, 0.1) is 6.10 Å². The van der Waals surface area contributed by atoms with Crippen molar-refractivity contribution < 1.29 is 4.74 Å². The second-order valence-corrected chi connectivity index (χ2v) is 4.58. The highest BCUT2D eigenvalue weighted by atomic mass is 16.5. The Hall–Kier alpha value is -1.56. The lowest BCUT2D eigenvalue weighted by molar-refractivity contribution is 0.0765. The zero-order chi connectivity index (χ0) is 14.1. The van der Waals surface area contributed by atoms with Crippen LogP contribution < -0.4 is 16.4 Å². The van der Waals surface area contributed by atoms with E-state index >= 15 is 0 Å². The van der Waals surface area contributed by atoms with E-state index in [2.05, 4.69) is 20.6 Å². The van der Waals surface area contributed by atoms with Gasteiger partial charge in [0.25, 0.3) is 0 Å². The lowest BCUT2D eigenvalue weighted by Crippen LogP contribution is -2.10. The second kappa shape index (κ2) is 8.53. The van der Waals surface area contributed by atoms with Crippen molar-refractivity contribution in [2.75, 3.05) is 36.1 Å². The fourth-order valence-electron chi connectivity index (χ4n) is 1.59. The third kappa shape index (κ3) is 6.81. The molecule has 4 N–H and O–H groups in total. The zero-order valence-electron chi connectivity index (χ0n) is 12.1. The fraction of sp³-hybridized carbons (Fsp3) is 0.692. The number of unbranched alkanes of at least 4 members (excludes halogenated alkanes) is 1. The van der Waals surface area contributed by atoms with E-state index in [4.69, 9.17) is 10.5 Å². The molecule has 0 aromatic carbocycles. The van der Waals surface area contributed by atoms with Crippen molar-refractivity contribution in [1.82, 2.24) is 9.97 Å². The van der Waals surface area contributed by atoms with Crippen LogP contribution in [-0.4, -0.2) is 35.8 Å². The fourth-order valence-corrected chi connectivity index (χ4v) is 1.59. The van der Waals surface area contributed by atoms with Gasteiger partial charge in [-0.25, -0.2) is 0 Å². The molecule has 0 radical (unpaired) electrons. The van der Waals surface area contributed by atoms with Crippen LogP contribution in [0.1, 0.15) is 33.6 Å². The van der Waals surface area contributed by atoms with Crippen LogP contribution in [0.5, 0.6) is 0 Å². The molecule has 0 spiro atoms. The Kier molecular flexibility index (Phi) is 6.95. The molecule has 1 rings (SSSR count). The summed E-state index contributed by atoms with van der Waals surface area (Å²) in [5.41, 5.74) is 5.65. The molecule has 0 aliphatic rings. The Labute approximate surface area is 115 Å². The molecule has 1 heterocycles. The van der Waals surface area contributed by atoms with Gasteiger partial charge in [0.2, 0.25) is 5.95 Å². The van der Waals surface area contributed by atoms with Gasteiger partial charge < -0.3 is 21.1 Å². The van der Waals surface area contributed by atoms with Crippen LogP contribution in [0, 0.1) is 0 Å². The molecule has 19 heavy (non-hydrogen) atoms. The summed E-state index contributed by atoms with van der Waals surface area (Å²) in [4.78, 5) is 8.24. The Morgan fingerprint density at radius 2 is 1.89 bits per heavy atom. The van der Waals surface area contributed by atoms with Crippen molar-refractivity contribution in [2.24, 2.45) is 0 Å². The standard InChI is InChI=1S/C13H25N5O/c1-4-15-11-9-12(18-13(14)17-11)16-7-5-6-8-19-10(2)3/h9-10H,4-8H2,1-3H3,(H4,14,15,16,17,18). The van der Waals surface area contributed by atoms with Gasteiger partial charge in [0.1, 0.15) is 11.6 Å². The first-order valence-electron chi connectivity index (χ1n) is 6.85. The SMILES string of the molecule is CCNc1cc(NCCCCOC(C)C)nc(N)n1. The molecule has 0 unspecified atom stereocenters. The number of nitrogens with two attached hydrogens (primary N) is 1. The summed E-state index contributed by atoms with van der Waals surface area (Å²) in [7, 11) is 0. The number of hydrogen-bond acceptors (Lipinski definition) is 6. The summed E-state index contributed by atoms with van der Waals surface area (Å²) in [6, 6.07) is 1.87. The first-order chi connectivity index (χ1) is 9.11. The van der Waals surface area contributed by atoms with Gasteiger partial charge in [-0.3, -0.25) is 0 Å². The number of anilines is 3. The van der Waals surface area contributed by atoms with Crippen molar-refractivity contribution in [3.8, 4) is 0 Å². The average molecular weight is 267 g/mol. The lowest BCUT2D eigenvalue weighted by atomic mass is 10.3. The van der Waals surface area contributed by atoms with Crippen molar-refractivity contribution >= 4 is 17.6 Å². The first kappa shape index (κ1) is 15.5. The number of ether oxygens (including phenoxy) is 1. The molecule has 0 fully saturated rings. The van der Waals surface area contributed by atoms with Gasteiger partial charge in [0, 0.05) is 25.8 Å². The van der Waals surface area contributed by atoms with E-state index in [0.29, 0.717) is 6.10 Å². The van der Waals surface area contributed by atoms with Gasteiger partial charge >= 0.3 is 0 Å². The minimum atomic E-state index is 0.282. The van der Waals surface area contributed by atoms with Crippen LogP contribution in [0.3, 0.4) is 0 Å². The maximum absolute atomic E-state index is 5.65. The van der Waals surface area contributed by atoms with Crippen LogP contribution in [0.15, 0.2) is 6.07 Å². The molecule has 0 saturated carbocycles. The van der Waals surface area contributed by atoms with Crippen LogP contribution in [0.25, 0.3) is 0 Å². The maximum atomic E-state index is 5.65. The summed E-state index contributed by atoms with van der Waals surface area (Å²) in [5.74, 6) is 1.79. The first-order valence-corrected chi connectivity index (χ1v) is 6.85. The predicted molar refractivity (Wildman–Crippen MR) is 79.4 cm³/mol. The second-order valence-electron chi connectivity index (χ2n) is 4.58. The van der Waals surface area contributed by atoms with E-state index in [1.54, 1.807) is 0 Å². The molecule has 0 bridgehead atoms. The minimum Gasteiger partial charge on any atom is -0.379 e. The normalized spacial score (nSPS) is 10.7. The van der Waals surface area contributed by atoms with Crippen molar-refractivity contribution in [2.45, 2.75) is 39.7 Å². The minimum absolute atomic E-state index is 0.282. The number of nitrogens with one attached hydrogen (secondary N) is 2. The van der Waals surface area contributed by atoms with E-state index in [9.17, 15) is 0 Å². The molecule has 0 atom stereocenters. The smallest absolute Gasteiger partial charge is 0.223 e. The number of aromatic nitrogens is 2. The molecular weight excluding hydrogens is 242 g/mol. The molecule has 108 valence electrons. The molecule has 6 heteroatoms. The third-order valence-electron chi connectivity index (χ3n) is 2.43. The predicted octanol–water partition coefficient (Wildman–Crippen LogP) is 2.11. The quantitative estimate of drug-likeness (QED) is 0.594. The van der Waals surface area contributed by atoms with E-state index < -0.39 is 0 Å². The highest BCUT2D eigenvalue weighted by molar-refractivity contribution is 5.50. The van der Waals surface area contributed by atoms with E-state index in [1.165, 1.54) is 0 Å². The van der Waals surface area contributed by atoms with Gasteiger partial charge in [-0.05, 0) is 33.6 Å². The summed E-state index contributed by atoms with van der Waals surface area (Å²) in [6.45, 7) is 8.56. The highest BCUT2D eigenvalue weighted by Crippen LogP contribution is 2.12. The monoisotopic (exact) mass is 267 g/mol. The summed E-state index contributed by atoms with van der Waals surface area (Å²) in [6.07, 6.45) is 2.37.